The maximum atomic E-state index is 6.23. The van der Waals surface area contributed by atoms with Gasteiger partial charge in [-0.05, 0) is 37.8 Å². The quantitative estimate of drug-likeness (QED) is 0.439. The monoisotopic (exact) mass is 328 g/mol. The summed E-state index contributed by atoms with van der Waals surface area (Å²) in [6, 6.07) is 1.90. The van der Waals surface area contributed by atoms with Crippen molar-refractivity contribution in [3.63, 3.8) is 0 Å². The molecule has 0 spiro atoms. The van der Waals surface area contributed by atoms with Crippen molar-refractivity contribution in [3.8, 4) is 23.4 Å². The zero-order valence-corrected chi connectivity index (χ0v) is 14.1. The molecule has 0 amide bonds. The molecule has 0 atom stereocenters. The molecule has 0 aliphatic rings. The van der Waals surface area contributed by atoms with Gasteiger partial charge in [0.25, 0.3) is 0 Å². The molecule has 0 aromatic carbocycles. The Kier molecular flexibility index (Phi) is 4.35. The van der Waals surface area contributed by atoms with Crippen LogP contribution in [0.5, 0.6) is 0 Å². The maximum absolute atomic E-state index is 6.23. The third-order valence-corrected chi connectivity index (χ3v) is 3.81. The number of hydrogen-bond acceptors (Lipinski definition) is 4. The van der Waals surface area contributed by atoms with Crippen LogP contribution in [-0.2, 0) is 0 Å². The van der Waals surface area contributed by atoms with Gasteiger partial charge in [0.2, 0.25) is 0 Å². The maximum Gasteiger partial charge on any atom is 0.199 e. The lowest BCUT2D eigenvalue weighted by atomic mass is 10.2. The van der Waals surface area contributed by atoms with Crippen molar-refractivity contribution < 1.29 is 4.42 Å². The van der Waals surface area contributed by atoms with Crippen molar-refractivity contribution >= 4 is 22.8 Å². The molecule has 0 aliphatic heterocycles. The largest absolute Gasteiger partial charge is 0.458 e. The molecule has 0 radical (unpaired) electrons. The van der Waals surface area contributed by atoms with E-state index in [0.717, 1.165) is 30.6 Å². The van der Waals surface area contributed by atoms with E-state index in [0.29, 0.717) is 28.6 Å². The van der Waals surface area contributed by atoms with Gasteiger partial charge in [-0.3, -0.25) is 0 Å². The number of aryl methyl sites for hydroxylation is 2. The lowest BCUT2D eigenvalue weighted by Crippen LogP contribution is -1.90. The number of H-pyrrole nitrogens is 1. The molecule has 3 rings (SSSR count). The van der Waals surface area contributed by atoms with Gasteiger partial charge in [0, 0.05) is 6.42 Å². The van der Waals surface area contributed by atoms with Crippen molar-refractivity contribution in [2.24, 2.45) is 0 Å². The fraction of sp³-hybridized carbons (Fsp3) is 0.353. The number of fused-ring (bicyclic) bond motifs is 1. The molecule has 1 N–H and O–H groups in total. The number of hydrogen-bond donors (Lipinski definition) is 1. The van der Waals surface area contributed by atoms with Crippen LogP contribution in [0.2, 0.25) is 5.15 Å². The molecule has 0 bridgehead atoms. The summed E-state index contributed by atoms with van der Waals surface area (Å²) < 4.78 is 5.66. The Morgan fingerprint density at radius 3 is 2.78 bits per heavy atom. The normalized spacial score (nSPS) is 10.8. The van der Waals surface area contributed by atoms with Gasteiger partial charge in [0.05, 0.1) is 0 Å². The van der Waals surface area contributed by atoms with E-state index in [-0.39, 0.29) is 5.15 Å². The van der Waals surface area contributed by atoms with Crippen molar-refractivity contribution in [2.45, 2.75) is 40.0 Å². The number of aromatic nitrogens is 4. The highest BCUT2D eigenvalue weighted by molar-refractivity contribution is 6.33. The molecule has 118 valence electrons. The molecule has 3 aromatic heterocycles. The lowest BCUT2D eigenvalue weighted by molar-refractivity contribution is 0.541. The van der Waals surface area contributed by atoms with Crippen LogP contribution in [0.15, 0.2) is 10.5 Å². The van der Waals surface area contributed by atoms with E-state index in [1.807, 2.05) is 19.9 Å². The van der Waals surface area contributed by atoms with Crippen LogP contribution in [-0.4, -0.2) is 19.9 Å². The molecule has 0 aliphatic carbocycles. The number of imidazole rings is 1. The summed E-state index contributed by atoms with van der Waals surface area (Å²) in [5.74, 6) is 8.51. The summed E-state index contributed by atoms with van der Waals surface area (Å²) in [5.41, 5.74) is 2.13. The van der Waals surface area contributed by atoms with Gasteiger partial charge in [-0.1, -0.05) is 30.9 Å². The molecule has 5 nitrogen and oxygen atoms in total. The highest BCUT2D eigenvalue weighted by atomic mass is 35.5. The predicted molar refractivity (Wildman–Crippen MR) is 90.3 cm³/mol. The summed E-state index contributed by atoms with van der Waals surface area (Å²) >= 11 is 6.23. The van der Waals surface area contributed by atoms with Gasteiger partial charge >= 0.3 is 0 Å². The summed E-state index contributed by atoms with van der Waals surface area (Å²) in [4.78, 5) is 16.2. The molecule has 0 unspecified atom stereocenters. The topological polar surface area (TPSA) is 67.6 Å². The van der Waals surface area contributed by atoms with Gasteiger partial charge < -0.3 is 9.40 Å². The number of rotatable bonds is 3. The second-order valence-corrected chi connectivity index (χ2v) is 5.73. The number of furan rings is 1. The highest BCUT2D eigenvalue weighted by Crippen LogP contribution is 2.26. The first-order chi connectivity index (χ1) is 11.1. The minimum absolute atomic E-state index is 0.287. The third-order valence-electron chi connectivity index (χ3n) is 3.55. The zero-order valence-electron chi connectivity index (χ0n) is 13.3. The standard InChI is InChI=1S/C17H17ClN4O/c1-4-5-6-7-8-13-19-14-15(18)21-16(22-17(14)20-13)12-9-10(2)11(3)23-12/h9H,4-6H2,1-3H3,(H,19,20,21,22). The Hall–Kier alpha value is -2.32. The first-order valence-corrected chi connectivity index (χ1v) is 7.95. The fourth-order valence-electron chi connectivity index (χ4n) is 2.13. The lowest BCUT2D eigenvalue weighted by Gasteiger charge is -1.97. The summed E-state index contributed by atoms with van der Waals surface area (Å²) in [7, 11) is 0. The van der Waals surface area contributed by atoms with E-state index >= 15 is 0 Å². The van der Waals surface area contributed by atoms with Crippen molar-refractivity contribution in [3.05, 3.63) is 28.4 Å². The van der Waals surface area contributed by atoms with E-state index in [9.17, 15) is 0 Å². The van der Waals surface area contributed by atoms with E-state index in [4.69, 9.17) is 16.0 Å². The molecule has 3 heterocycles. The first-order valence-electron chi connectivity index (χ1n) is 7.58. The molecule has 23 heavy (non-hydrogen) atoms. The van der Waals surface area contributed by atoms with Crippen molar-refractivity contribution in [1.29, 1.82) is 0 Å². The Bertz CT molecular complexity index is 894. The van der Waals surface area contributed by atoms with Gasteiger partial charge in [0.1, 0.15) is 11.3 Å². The molecule has 0 fully saturated rings. The number of halogens is 1. The molecule has 3 aromatic rings. The first kappa shape index (κ1) is 15.6. The van der Waals surface area contributed by atoms with Gasteiger partial charge in [-0.2, -0.15) is 0 Å². The van der Waals surface area contributed by atoms with Crippen LogP contribution >= 0.6 is 11.6 Å². The fourth-order valence-corrected chi connectivity index (χ4v) is 2.34. The minimum Gasteiger partial charge on any atom is -0.458 e. The molecule has 0 saturated carbocycles. The average Bonchev–Trinajstić information content (AvgIpc) is 3.08. The predicted octanol–water partition coefficient (Wildman–Crippen LogP) is 4.42. The second kappa shape index (κ2) is 6.43. The Morgan fingerprint density at radius 1 is 1.26 bits per heavy atom. The summed E-state index contributed by atoms with van der Waals surface area (Å²) in [5, 5.41) is 0.287. The van der Waals surface area contributed by atoms with E-state index in [1.165, 1.54) is 0 Å². The van der Waals surface area contributed by atoms with Gasteiger partial charge in [0.15, 0.2) is 28.2 Å². The minimum atomic E-state index is 0.287. The van der Waals surface area contributed by atoms with Crippen LogP contribution in [0, 0.1) is 25.7 Å². The summed E-state index contributed by atoms with van der Waals surface area (Å²) in [6.07, 6.45) is 3.05. The SMILES string of the molecule is CCCCC#Cc1nc2c(Cl)nc(-c3cc(C)c(C)o3)nc2[nH]1. The third kappa shape index (κ3) is 3.22. The second-order valence-electron chi connectivity index (χ2n) is 5.38. The number of unbranched alkanes of at least 4 members (excludes halogenated alkanes) is 2. The molecule has 6 heteroatoms. The Morgan fingerprint density at radius 2 is 2.09 bits per heavy atom. The smallest absolute Gasteiger partial charge is 0.199 e. The van der Waals surface area contributed by atoms with E-state index in [2.05, 4.69) is 38.7 Å². The van der Waals surface area contributed by atoms with Crippen LogP contribution in [0.4, 0.5) is 0 Å². The van der Waals surface area contributed by atoms with Gasteiger partial charge in [-0.15, -0.1) is 0 Å². The average molecular weight is 329 g/mol. The number of nitrogens with one attached hydrogen (secondary N) is 1. The Balaban J connectivity index is 1.98. The molecular weight excluding hydrogens is 312 g/mol. The Labute approximate surface area is 139 Å². The molecule has 0 saturated heterocycles. The number of aromatic amines is 1. The van der Waals surface area contributed by atoms with Gasteiger partial charge in [-0.25, -0.2) is 15.0 Å². The number of nitrogens with zero attached hydrogens (tertiary/aromatic N) is 3. The van der Waals surface area contributed by atoms with Crippen LogP contribution in [0.1, 0.15) is 43.3 Å². The zero-order chi connectivity index (χ0) is 16.4. The summed E-state index contributed by atoms with van der Waals surface area (Å²) in [6.45, 7) is 6.01. The van der Waals surface area contributed by atoms with Crippen LogP contribution < -0.4 is 0 Å². The van der Waals surface area contributed by atoms with E-state index < -0.39 is 0 Å². The van der Waals surface area contributed by atoms with Crippen LogP contribution in [0.25, 0.3) is 22.7 Å². The molecular formula is C17H17ClN4O. The van der Waals surface area contributed by atoms with Crippen molar-refractivity contribution in [2.75, 3.05) is 0 Å². The van der Waals surface area contributed by atoms with E-state index in [1.54, 1.807) is 0 Å². The van der Waals surface area contributed by atoms with Crippen LogP contribution in [0.3, 0.4) is 0 Å². The van der Waals surface area contributed by atoms with Crippen molar-refractivity contribution in [1.82, 2.24) is 19.9 Å². The highest BCUT2D eigenvalue weighted by Gasteiger charge is 2.15.